The van der Waals surface area contributed by atoms with Crippen molar-refractivity contribution < 1.29 is 49.1 Å². The summed E-state index contributed by atoms with van der Waals surface area (Å²) in [5, 5.41) is 26.4. The summed E-state index contributed by atoms with van der Waals surface area (Å²) in [4.78, 5) is 18.5. The topological polar surface area (TPSA) is 168 Å². The Labute approximate surface area is 321 Å². The van der Waals surface area contributed by atoms with Gasteiger partial charge in [0.25, 0.3) is 5.92 Å². The largest absolute Gasteiger partial charge is 0.435 e. The molecule has 3 aromatic heterocycles. The van der Waals surface area contributed by atoms with E-state index in [1.807, 2.05) is 0 Å². The lowest BCUT2D eigenvalue weighted by atomic mass is 9.93. The molecular weight excluding hydrogens is 786 g/mol. The van der Waals surface area contributed by atoms with Gasteiger partial charge in [-0.1, -0.05) is 25.0 Å². The Hall–Kier alpha value is -5.99. The number of fused-ring (bicyclic) bond motifs is 2. The number of nitrogens with zero attached hydrogens (tertiary/aromatic N) is 6. The number of sulfonamides is 1. The average molecular weight is 819 g/mol. The van der Waals surface area contributed by atoms with Crippen LogP contribution in [-0.4, -0.2) is 56.8 Å². The normalized spacial score (nSPS) is 15.2. The van der Waals surface area contributed by atoms with E-state index in [0.717, 1.165) is 18.4 Å². The molecule has 57 heavy (non-hydrogen) atoms. The molecule has 2 atom stereocenters. The number of amides is 1. The molecule has 3 N–H and O–H groups in total. The fraction of sp³-hybridized carbons (Fsp3) is 0.324. The molecule has 1 unspecified atom stereocenters. The number of aliphatic hydroxyl groups excluding tert-OH is 1. The summed E-state index contributed by atoms with van der Waals surface area (Å²) in [6, 6.07) is 9.20. The van der Waals surface area contributed by atoms with Crippen molar-refractivity contribution in [2.75, 3.05) is 17.6 Å². The van der Waals surface area contributed by atoms with Crippen LogP contribution in [0.25, 0.3) is 22.0 Å². The van der Waals surface area contributed by atoms with Crippen LogP contribution in [0.1, 0.15) is 65.6 Å². The van der Waals surface area contributed by atoms with Gasteiger partial charge in [-0.05, 0) is 54.2 Å². The van der Waals surface area contributed by atoms with Gasteiger partial charge in [-0.25, -0.2) is 27.4 Å². The van der Waals surface area contributed by atoms with Crippen molar-refractivity contribution in [3.63, 3.8) is 0 Å². The van der Waals surface area contributed by atoms with E-state index < -0.39 is 81.5 Å². The molecule has 1 aliphatic rings. The number of para-hydroxylation sites is 1. The van der Waals surface area contributed by atoms with Gasteiger partial charge in [0.1, 0.15) is 29.6 Å². The molecule has 0 spiro atoms. The highest BCUT2D eigenvalue weighted by Crippen LogP contribution is 2.52. The number of nitriles is 1. The third-order valence-electron chi connectivity index (χ3n) is 8.80. The van der Waals surface area contributed by atoms with E-state index in [-0.39, 0.29) is 47.8 Å². The van der Waals surface area contributed by atoms with E-state index >= 15 is 8.78 Å². The Balaban J connectivity index is 0.00000305. The molecule has 300 valence electrons. The zero-order chi connectivity index (χ0) is 42.0. The quantitative estimate of drug-likeness (QED) is 0.113. The van der Waals surface area contributed by atoms with Crippen molar-refractivity contribution in [2.45, 2.75) is 56.8 Å². The molecule has 0 fully saturated rings. The summed E-state index contributed by atoms with van der Waals surface area (Å²) >= 11 is 0. The van der Waals surface area contributed by atoms with Crippen LogP contribution in [0.5, 0.6) is 0 Å². The highest BCUT2D eigenvalue weighted by molar-refractivity contribution is 7.92. The smallest absolute Gasteiger partial charge is 0.395 e. The molecule has 0 saturated carbocycles. The number of carbonyl (C=O) groups excluding carboxylic acids is 1. The minimum Gasteiger partial charge on any atom is -0.395 e. The standard InChI is InChI=1S/C36H32F7N7O4S.CHN/c1-19-17-35(39,40)33-29(19)32(36(41,42)43)46-50(33)18-28(52)45-27(15-20-13-21(37)16-22(38)14-20)30-24(11-10-23(44-30)7-4-5-12-51)25-8-6-9-26-31(25)49(2)47-34(26)48-55(3,53)54;1-2/h6,8-11,13-14,16,19,27,51H,5,12,15,17-18H2,1-3H3,(H,45,52)(H,47,48);1H/t19-,27?;/m0./s1. The van der Waals surface area contributed by atoms with E-state index in [1.165, 1.54) is 17.7 Å². The van der Waals surface area contributed by atoms with Crippen LogP contribution in [0.4, 0.5) is 36.6 Å². The molecule has 2 aromatic carbocycles. The summed E-state index contributed by atoms with van der Waals surface area (Å²) in [6.45, 7) is 3.36. The van der Waals surface area contributed by atoms with Gasteiger partial charge >= 0.3 is 6.18 Å². The summed E-state index contributed by atoms with van der Waals surface area (Å²) in [5.74, 6) is -2.43. The third kappa shape index (κ3) is 9.19. The molecule has 5 aromatic rings. The van der Waals surface area contributed by atoms with Crippen LogP contribution in [0.3, 0.4) is 0 Å². The molecule has 1 amide bonds. The van der Waals surface area contributed by atoms with E-state index in [1.54, 1.807) is 31.3 Å². The first-order valence-corrected chi connectivity index (χ1v) is 18.8. The first kappa shape index (κ1) is 42.2. The van der Waals surface area contributed by atoms with Gasteiger partial charge < -0.3 is 10.4 Å². The number of hydrogen-bond acceptors (Lipinski definition) is 8. The summed E-state index contributed by atoms with van der Waals surface area (Å²) < 4.78 is 129. The van der Waals surface area contributed by atoms with Crippen LogP contribution >= 0.6 is 0 Å². The number of aromatic nitrogens is 5. The number of halogens is 7. The molecule has 12 nitrogen and oxygen atoms in total. The van der Waals surface area contributed by atoms with Gasteiger partial charge in [0.05, 0.1) is 30.1 Å². The first-order valence-electron chi connectivity index (χ1n) is 16.9. The van der Waals surface area contributed by atoms with Crippen LogP contribution in [0.2, 0.25) is 0 Å². The molecule has 0 radical (unpaired) electrons. The summed E-state index contributed by atoms with van der Waals surface area (Å²) in [7, 11) is -2.22. The molecule has 3 heterocycles. The van der Waals surface area contributed by atoms with Crippen molar-refractivity contribution in [2.24, 2.45) is 7.05 Å². The van der Waals surface area contributed by atoms with Crippen LogP contribution in [0, 0.1) is 35.3 Å². The number of rotatable bonds is 10. The molecule has 0 saturated heterocycles. The van der Waals surface area contributed by atoms with Crippen LogP contribution < -0.4 is 10.0 Å². The number of anilines is 1. The Bertz CT molecular complexity index is 2520. The maximum absolute atomic E-state index is 15.1. The second-order valence-corrected chi connectivity index (χ2v) is 14.9. The zero-order valence-corrected chi connectivity index (χ0v) is 31.1. The fourth-order valence-corrected chi connectivity index (χ4v) is 7.35. The number of carbonyl (C=O) groups is 1. The van der Waals surface area contributed by atoms with E-state index in [4.69, 9.17) is 5.26 Å². The molecule has 6 rings (SSSR count). The number of alkyl halides is 5. The molecule has 20 heteroatoms. The Morgan fingerprint density at radius 3 is 2.42 bits per heavy atom. The van der Waals surface area contributed by atoms with E-state index in [2.05, 4.69) is 43.6 Å². The van der Waals surface area contributed by atoms with E-state index in [0.29, 0.717) is 27.2 Å². The Kier molecular flexibility index (Phi) is 12.0. The molecule has 0 aliphatic heterocycles. The molecule has 0 bridgehead atoms. The van der Waals surface area contributed by atoms with Gasteiger partial charge in [-0.2, -0.15) is 32.1 Å². The lowest BCUT2D eigenvalue weighted by molar-refractivity contribution is -0.142. The zero-order valence-electron chi connectivity index (χ0n) is 30.3. The predicted octanol–water partition coefficient (Wildman–Crippen LogP) is 6.07. The highest BCUT2D eigenvalue weighted by Gasteiger charge is 2.53. The fourth-order valence-electron chi connectivity index (χ4n) is 6.84. The van der Waals surface area contributed by atoms with Crippen molar-refractivity contribution in [3.8, 4) is 29.5 Å². The van der Waals surface area contributed by atoms with Crippen LogP contribution in [-0.2, 0) is 46.9 Å². The van der Waals surface area contributed by atoms with Gasteiger partial charge in [0.2, 0.25) is 15.9 Å². The van der Waals surface area contributed by atoms with Crippen molar-refractivity contribution in [1.82, 2.24) is 29.9 Å². The number of aliphatic hydroxyl groups is 1. The monoisotopic (exact) mass is 818 g/mol. The number of aryl methyl sites for hydroxylation is 1. The Morgan fingerprint density at radius 2 is 1.79 bits per heavy atom. The van der Waals surface area contributed by atoms with Gasteiger partial charge in [0, 0.05) is 54.6 Å². The second kappa shape index (κ2) is 16.2. The SMILES string of the molecule is C#N.C[C@H]1CC(F)(F)c2c1c(C(F)(F)F)nn2CC(=O)NC(Cc1cc(F)cc(F)c1)c1nc(C#CCCO)ccc1-c1cccc2c(NS(C)(=O)=O)nn(C)c12. The predicted molar refractivity (Wildman–Crippen MR) is 193 cm³/mol. The van der Waals surface area contributed by atoms with Gasteiger partial charge in [0.15, 0.2) is 11.5 Å². The maximum atomic E-state index is 15.1. The average Bonchev–Trinajstić information content (AvgIpc) is 3.73. The van der Waals surface area contributed by atoms with Gasteiger partial charge in [-0.15, -0.1) is 0 Å². The summed E-state index contributed by atoms with van der Waals surface area (Å²) in [5.41, 5.74) is -2.03. The number of nitrogens with one attached hydrogen (secondary N) is 2. The first-order chi connectivity index (χ1) is 26.8. The second-order valence-electron chi connectivity index (χ2n) is 13.1. The maximum Gasteiger partial charge on any atom is 0.435 e. The molecule has 1 aliphatic carbocycles. The van der Waals surface area contributed by atoms with Crippen molar-refractivity contribution in [1.29, 1.82) is 5.26 Å². The number of hydrogen-bond donors (Lipinski definition) is 3. The highest BCUT2D eigenvalue weighted by atomic mass is 32.2. The number of benzene rings is 2. The van der Waals surface area contributed by atoms with E-state index in [9.17, 15) is 40.3 Å². The third-order valence-corrected chi connectivity index (χ3v) is 9.36. The van der Waals surface area contributed by atoms with Crippen LogP contribution in [0.15, 0.2) is 48.5 Å². The lowest BCUT2D eigenvalue weighted by Crippen LogP contribution is -2.35. The lowest BCUT2D eigenvalue weighted by Gasteiger charge is -2.23. The van der Waals surface area contributed by atoms with Gasteiger partial charge in [-0.3, -0.25) is 18.9 Å². The minimum atomic E-state index is -5.09. The Morgan fingerprint density at radius 1 is 1.11 bits per heavy atom. The van der Waals surface area contributed by atoms with Crippen molar-refractivity contribution in [3.05, 3.63) is 94.1 Å². The number of pyridine rings is 1. The minimum absolute atomic E-state index is 0.000890. The molecular formula is C37H33F7N8O4S. The summed E-state index contributed by atoms with van der Waals surface area (Å²) in [6.07, 6.45) is -5.36. The van der Waals surface area contributed by atoms with Crippen molar-refractivity contribution >= 4 is 32.7 Å².